The maximum absolute atomic E-state index is 12.8. The largest absolute Gasteiger partial charge is 0.352 e. The molecule has 0 spiro atoms. The van der Waals surface area contributed by atoms with Crippen LogP contribution >= 0.6 is 0 Å². The van der Waals surface area contributed by atoms with E-state index in [1.165, 1.54) is 10.9 Å². The predicted octanol–water partition coefficient (Wildman–Crippen LogP) is 2.79. The Kier molecular flexibility index (Phi) is 5.41. The van der Waals surface area contributed by atoms with Crippen LogP contribution in [0.15, 0.2) is 47.5 Å². The number of aryl methyl sites for hydroxylation is 1. The first-order valence-corrected chi connectivity index (χ1v) is 8.97. The van der Waals surface area contributed by atoms with Gasteiger partial charge in [0.15, 0.2) is 5.82 Å². The zero-order valence-electron chi connectivity index (χ0n) is 16.0. The fourth-order valence-electron chi connectivity index (χ4n) is 2.82. The summed E-state index contributed by atoms with van der Waals surface area (Å²) in [7, 11) is 0. The van der Waals surface area contributed by atoms with Crippen LogP contribution in [-0.4, -0.2) is 27.2 Å². The number of nitrogens with zero attached hydrogens (tertiary/aromatic N) is 3. The lowest BCUT2D eigenvalue weighted by Gasteiger charge is -2.08. The number of hydrogen-bond acceptors (Lipinski definition) is 4. The van der Waals surface area contributed by atoms with Gasteiger partial charge in [0.05, 0.1) is 22.8 Å². The fourth-order valence-corrected chi connectivity index (χ4v) is 2.82. The molecule has 0 saturated carbocycles. The zero-order chi connectivity index (χ0) is 20.3. The Morgan fingerprint density at radius 2 is 2.07 bits per heavy atom. The van der Waals surface area contributed by atoms with Crippen molar-refractivity contribution < 1.29 is 4.79 Å². The highest BCUT2D eigenvalue weighted by atomic mass is 16.1. The van der Waals surface area contributed by atoms with Crippen LogP contribution in [0.1, 0.15) is 35.3 Å². The van der Waals surface area contributed by atoms with Crippen molar-refractivity contribution in [1.29, 1.82) is 5.26 Å². The molecule has 0 unspecified atom stereocenters. The van der Waals surface area contributed by atoms with Crippen molar-refractivity contribution in [2.24, 2.45) is 5.92 Å². The average Bonchev–Trinajstić information content (AvgIpc) is 3.07. The van der Waals surface area contributed by atoms with E-state index in [2.05, 4.69) is 21.5 Å². The zero-order valence-corrected chi connectivity index (χ0v) is 16.0. The molecular weight excluding hydrogens is 354 g/mol. The molecule has 0 radical (unpaired) electrons. The van der Waals surface area contributed by atoms with Gasteiger partial charge in [-0.25, -0.2) is 9.67 Å². The van der Waals surface area contributed by atoms with Gasteiger partial charge in [0.1, 0.15) is 0 Å². The number of nitriles is 1. The number of amides is 1. The Morgan fingerprint density at radius 3 is 2.68 bits per heavy atom. The highest BCUT2D eigenvalue weighted by Gasteiger charge is 2.14. The summed E-state index contributed by atoms with van der Waals surface area (Å²) in [4.78, 5) is 29.2. The quantitative estimate of drug-likeness (QED) is 0.715. The van der Waals surface area contributed by atoms with E-state index in [9.17, 15) is 9.59 Å². The van der Waals surface area contributed by atoms with E-state index in [1.54, 1.807) is 36.5 Å². The van der Waals surface area contributed by atoms with Gasteiger partial charge >= 0.3 is 0 Å². The van der Waals surface area contributed by atoms with Gasteiger partial charge in [-0.15, -0.1) is 0 Å². The van der Waals surface area contributed by atoms with Gasteiger partial charge in [-0.2, -0.15) is 5.26 Å². The van der Waals surface area contributed by atoms with Crippen molar-refractivity contribution in [3.8, 4) is 23.0 Å². The second kappa shape index (κ2) is 7.92. The highest BCUT2D eigenvalue weighted by molar-refractivity contribution is 5.93. The van der Waals surface area contributed by atoms with Crippen LogP contribution in [0, 0.1) is 24.2 Å². The molecule has 0 atom stereocenters. The number of nitrogens with one attached hydrogen (secondary N) is 2. The average molecular weight is 375 g/mol. The van der Waals surface area contributed by atoms with Crippen molar-refractivity contribution in [3.05, 3.63) is 69.8 Å². The summed E-state index contributed by atoms with van der Waals surface area (Å²) < 4.78 is 1.32. The van der Waals surface area contributed by atoms with Crippen LogP contribution in [0.3, 0.4) is 0 Å². The number of carbonyl (C=O) groups excluding carboxylic acids is 1. The van der Waals surface area contributed by atoms with Crippen molar-refractivity contribution in [1.82, 2.24) is 20.1 Å². The molecule has 3 rings (SSSR count). The van der Waals surface area contributed by atoms with Gasteiger partial charge in [-0.1, -0.05) is 19.9 Å². The monoisotopic (exact) mass is 375 g/mol. The molecule has 2 heterocycles. The molecule has 7 nitrogen and oxygen atoms in total. The third-order valence-corrected chi connectivity index (χ3v) is 4.33. The minimum atomic E-state index is -0.252. The SMILES string of the molecule is Cc1cc(C#N)ccc1-c1c[nH]n(-c2ccc(C(=O)NCC(C)C)cn2)c1=O. The standard InChI is InChI=1S/C21H21N5O2/c1-13(2)10-24-20(27)16-5-7-19(23-11-16)26-21(28)18(12-25-26)17-6-4-15(9-22)8-14(17)3/h4-8,11-13,25H,10H2,1-3H3,(H,24,27). The molecular formula is C21H21N5O2. The molecule has 1 amide bonds. The van der Waals surface area contributed by atoms with E-state index in [0.29, 0.717) is 35.0 Å². The molecule has 0 bridgehead atoms. The lowest BCUT2D eigenvalue weighted by Crippen LogP contribution is -2.27. The summed E-state index contributed by atoms with van der Waals surface area (Å²) in [5.41, 5.74) is 2.81. The predicted molar refractivity (Wildman–Crippen MR) is 106 cm³/mol. The van der Waals surface area contributed by atoms with Crippen LogP contribution < -0.4 is 10.9 Å². The first-order valence-electron chi connectivity index (χ1n) is 8.97. The topological polar surface area (TPSA) is 104 Å². The molecule has 28 heavy (non-hydrogen) atoms. The third kappa shape index (κ3) is 3.86. The van der Waals surface area contributed by atoms with Gasteiger partial charge in [0.2, 0.25) is 0 Å². The third-order valence-electron chi connectivity index (χ3n) is 4.33. The summed E-state index contributed by atoms with van der Waals surface area (Å²) in [5, 5.41) is 14.7. The Morgan fingerprint density at radius 1 is 1.29 bits per heavy atom. The van der Waals surface area contributed by atoms with Gasteiger partial charge < -0.3 is 5.32 Å². The molecule has 1 aromatic carbocycles. The molecule has 2 N–H and O–H groups in total. The molecule has 0 aliphatic heterocycles. The summed E-state index contributed by atoms with van der Waals surface area (Å²) in [6, 6.07) is 10.5. The Bertz CT molecular complexity index is 1100. The Labute approximate surface area is 162 Å². The maximum atomic E-state index is 12.8. The number of carbonyl (C=O) groups is 1. The van der Waals surface area contributed by atoms with Crippen molar-refractivity contribution in [2.75, 3.05) is 6.54 Å². The first kappa shape index (κ1) is 19.1. The van der Waals surface area contributed by atoms with E-state index >= 15 is 0 Å². The number of hydrogen-bond donors (Lipinski definition) is 2. The van der Waals surface area contributed by atoms with E-state index in [1.807, 2.05) is 20.8 Å². The molecule has 2 aromatic heterocycles. The summed E-state index contributed by atoms with van der Waals surface area (Å²) in [6.07, 6.45) is 3.06. The van der Waals surface area contributed by atoms with Gasteiger partial charge in [-0.3, -0.25) is 14.7 Å². The Balaban J connectivity index is 1.87. The minimum absolute atomic E-state index is 0.194. The summed E-state index contributed by atoms with van der Waals surface area (Å²) in [6.45, 7) is 6.48. The van der Waals surface area contributed by atoms with Gasteiger partial charge in [-0.05, 0) is 48.2 Å². The first-order chi connectivity index (χ1) is 13.4. The smallest absolute Gasteiger partial charge is 0.280 e. The summed E-state index contributed by atoms with van der Waals surface area (Å²) in [5.74, 6) is 0.557. The molecule has 7 heteroatoms. The lowest BCUT2D eigenvalue weighted by molar-refractivity contribution is 0.0948. The number of pyridine rings is 1. The van der Waals surface area contributed by atoms with E-state index in [4.69, 9.17) is 5.26 Å². The summed E-state index contributed by atoms with van der Waals surface area (Å²) >= 11 is 0. The van der Waals surface area contributed by atoms with Crippen LogP contribution in [0.25, 0.3) is 16.9 Å². The number of aromatic nitrogens is 3. The molecule has 0 aliphatic carbocycles. The second-order valence-corrected chi connectivity index (χ2v) is 6.98. The van der Waals surface area contributed by atoms with Crippen LogP contribution in [0.5, 0.6) is 0 Å². The van der Waals surface area contributed by atoms with E-state index < -0.39 is 0 Å². The highest BCUT2D eigenvalue weighted by Crippen LogP contribution is 2.21. The molecule has 0 saturated heterocycles. The number of aromatic amines is 1. The van der Waals surface area contributed by atoms with Crippen molar-refractivity contribution in [2.45, 2.75) is 20.8 Å². The van der Waals surface area contributed by atoms with Crippen LogP contribution in [0.4, 0.5) is 0 Å². The van der Waals surface area contributed by atoms with Crippen LogP contribution in [0.2, 0.25) is 0 Å². The molecule has 0 fully saturated rings. The number of H-pyrrole nitrogens is 1. The molecule has 142 valence electrons. The van der Waals surface area contributed by atoms with Crippen LogP contribution in [-0.2, 0) is 0 Å². The van der Waals surface area contributed by atoms with Crippen molar-refractivity contribution in [3.63, 3.8) is 0 Å². The van der Waals surface area contributed by atoms with Crippen molar-refractivity contribution >= 4 is 5.91 Å². The maximum Gasteiger partial charge on any atom is 0.280 e. The van der Waals surface area contributed by atoms with E-state index in [0.717, 1.165) is 11.1 Å². The van der Waals surface area contributed by atoms with E-state index in [-0.39, 0.29) is 11.5 Å². The second-order valence-electron chi connectivity index (χ2n) is 6.98. The van der Waals surface area contributed by atoms with Gasteiger partial charge in [0, 0.05) is 18.9 Å². The van der Waals surface area contributed by atoms with Gasteiger partial charge in [0.25, 0.3) is 11.5 Å². The molecule has 3 aromatic rings. The fraction of sp³-hybridized carbons (Fsp3) is 0.238. The Hall–Kier alpha value is -3.66. The molecule has 0 aliphatic rings. The lowest BCUT2D eigenvalue weighted by atomic mass is 10.0. The number of benzene rings is 1. The number of rotatable bonds is 5. The minimum Gasteiger partial charge on any atom is -0.352 e. The normalized spacial score (nSPS) is 10.7.